The smallest absolute Gasteiger partial charge is 0.0880 e. The van der Waals surface area contributed by atoms with Crippen molar-refractivity contribution < 1.29 is 9.84 Å². The minimum Gasteiger partial charge on any atom is -0.387 e. The molecule has 14 heavy (non-hydrogen) atoms. The van der Waals surface area contributed by atoms with Crippen LogP contribution < -0.4 is 0 Å². The molecule has 1 atom stereocenters. The van der Waals surface area contributed by atoms with E-state index >= 15 is 0 Å². The second-order valence-electron chi connectivity index (χ2n) is 4.95. The first-order chi connectivity index (χ1) is 6.56. The standard InChI is InChI=1S/C12H24O2/c1-4-14-9-12(3,13)11-7-5-10(2)6-8-11/h10-11,13H,4-9H2,1-3H3. The first kappa shape index (κ1) is 12.0. The van der Waals surface area contributed by atoms with E-state index in [0.29, 0.717) is 19.1 Å². The predicted octanol–water partition coefficient (Wildman–Crippen LogP) is 2.60. The number of rotatable bonds is 4. The summed E-state index contributed by atoms with van der Waals surface area (Å²) >= 11 is 0. The van der Waals surface area contributed by atoms with Crippen LogP contribution in [-0.4, -0.2) is 23.9 Å². The lowest BCUT2D eigenvalue weighted by atomic mass is 9.75. The molecular weight excluding hydrogens is 176 g/mol. The van der Waals surface area contributed by atoms with E-state index in [4.69, 9.17) is 4.74 Å². The van der Waals surface area contributed by atoms with E-state index in [-0.39, 0.29) is 0 Å². The fourth-order valence-corrected chi connectivity index (χ4v) is 2.31. The molecule has 0 bridgehead atoms. The Morgan fingerprint density at radius 2 is 1.86 bits per heavy atom. The van der Waals surface area contributed by atoms with Gasteiger partial charge in [-0.1, -0.05) is 19.8 Å². The second-order valence-corrected chi connectivity index (χ2v) is 4.95. The van der Waals surface area contributed by atoms with Crippen molar-refractivity contribution >= 4 is 0 Å². The highest BCUT2D eigenvalue weighted by Gasteiger charge is 2.34. The van der Waals surface area contributed by atoms with Gasteiger partial charge in [-0.05, 0) is 38.5 Å². The van der Waals surface area contributed by atoms with E-state index in [1.807, 2.05) is 13.8 Å². The molecule has 0 aromatic rings. The molecule has 2 heteroatoms. The molecule has 0 radical (unpaired) electrons. The zero-order valence-corrected chi connectivity index (χ0v) is 9.75. The zero-order valence-electron chi connectivity index (χ0n) is 9.75. The van der Waals surface area contributed by atoms with Crippen LogP contribution >= 0.6 is 0 Å². The van der Waals surface area contributed by atoms with Crippen molar-refractivity contribution in [2.45, 2.75) is 52.1 Å². The summed E-state index contributed by atoms with van der Waals surface area (Å²) in [7, 11) is 0. The van der Waals surface area contributed by atoms with E-state index in [1.165, 1.54) is 12.8 Å². The summed E-state index contributed by atoms with van der Waals surface area (Å²) in [5, 5.41) is 10.2. The van der Waals surface area contributed by atoms with Crippen LogP contribution in [0.2, 0.25) is 0 Å². The van der Waals surface area contributed by atoms with Crippen molar-refractivity contribution in [3.8, 4) is 0 Å². The molecule has 84 valence electrons. The first-order valence-corrected chi connectivity index (χ1v) is 5.86. The van der Waals surface area contributed by atoms with E-state index in [0.717, 1.165) is 18.8 Å². The van der Waals surface area contributed by atoms with Crippen LogP contribution in [0.15, 0.2) is 0 Å². The molecule has 1 rings (SSSR count). The topological polar surface area (TPSA) is 29.5 Å². The van der Waals surface area contributed by atoms with E-state index in [1.54, 1.807) is 0 Å². The Balaban J connectivity index is 2.38. The van der Waals surface area contributed by atoms with Gasteiger partial charge in [-0.15, -0.1) is 0 Å². The van der Waals surface area contributed by atoms with Gasteiger partial charge >= 0.3 is 0 Å². The van der Waals surface area contributed by atoms with Crippen LogP contribution in [0.5, 0.6) is 0 Å². The summed E-state index contributed by atoms with van der Waals surface area (Å²) in [6.07, 6.45) is 4.82. The Labute approximate surface area is 87.7 Å². The highest BCUT2D eigenvalue weighted by atomic mass is 16.5. The van der Waals surface area contributed by atoms with Gasteiger partial charge in [0.1, 0.15) is 0 Å². The molecule has 0 spiro atoms. The van der Waals surface area contributed by atoms with Crippen molar-refractivity contribution in [2.24, 2.45) is 11.8 Å². The largest absolute Gasteiger partial charge is 0.387 e. The van der Waals surface area contributed by atoms with Gasteiger partial charge in [0.15, 0.2) is 0 Å². The summed E-state index contributed by atoms with van der Waals surface area (Å²) < 4.78 is 5.33. The highest BCUT2D eigenvalue weighted by molar-refractivity contribution is 4.85. The Morgan fingerprint density at radius 3 is 2.36 bits per heavy atom. The van der Waals surface area contributed by atoms with Gasteiger partial charge in [-0.3, -0.25) is 0 Å². The van der Waals surface area contributed by atoms with Crippen molar-refractivity contribution in [2.75, 3.05) is 13.2 Å². The van der Waals surface area contributed by atoms with Crippen LogP contribution in [-0.2, 0) is 4.74 Å². The average Bonchev–Trinajstić information content (AvgIpc) is 2.16. The fourth-order valence-electron chi connectivity index (χ4n) is 2.31. The maximum absolute atomic E-state index is 10.2. The van der Waals surface area contributed by atoms with Crippen molar-refractivity contribution in [1.29, 1.82) is 0 Å². The number of hydrogen-bond donors (Lipinski definition) is 1. The van der Waals surface area contributed by atoms with Gasteiger partial charge in [-0.2, -0.15) is 0 Å². The zero-order chi connectivity index (χ0) is 10.6. The molecule has 1 fully saturated rings. The second kappa shape index (κ2) is 5.13. The summed E-state index contributed by atoms with van der Waals surface area (Å²) in [5.74, 6) is 1.28. The quantitative estimate of drug-likeness (QED) is 0.756. The van der Waals surface area contributed by atoms with Crippen LogP contribution in [0.25, 0.3) is 0 Å². The van der Waals surface area contributed by atoms with Crippen molar-refractivity contribution in [1.82, 2.24) is 0 Å². The molecule has 2 nitrogen and oxygen atoms in total. The van der Waals surface area contributed by atoms with Gasteiger partial charge in [0.25, 0.3) is 0 Å². The molecule has 0 amide bonds. The van der Waals surface area contributed by atoms with E-state index < -0.39 is 5.60 Å². The number of hydrogen-bond acceptors (Lipinski definition) is 2. The minimum absolute atomic E-state index is 0.435. The number of ether oxygens (including phenoxy) is 1. The monoisotopic (exact) mass is 200 g/mol. The Morgan fingerprint density at radius 1 is 1.29 bits per heavy atom. The summed E-state index contributed by atoms with van der Waals surface area (Å²) in [6.45, 7) is 7.37. The Hall–Kier alpha value is -0.0800. The highest BCUT2D eigenvalue weighted by Crippen LogP contribution is 2.35. The van der Waals surface area contributed by atoms with Crippen LogP contribution in [0, 0.1) is 11.8 Å². The molecule has 1 unspecified atom stereocenters. The lowest BCUT2D eigenvalue weighted by Gasteiger charge is -2.37. The molecule has 1 N–H and O–H groups in total. The third-order valence-corrected chi connectivity index (χ3v) is 3.49. The van der Waals surface area contributed by atoms with E-state index in [2.05, 4.69) is 6.92 Å². The lowest BCUT2D eigenvalue weighted by Crippen LogP contribution is -2.41. The van der Waals surface area contributed by atoms with Gasteiger partial charge in [-0.25, -0.2) is 0 Å². The molecule has 0 aromatic carbocycles. The maximum atomic E-state index is 10.2. The normalized spacial score (nSPS) is 32.6. The van der Waals surface area contributed by atoms with Gasteiger partial charge < -0.3 is 9.84 Å². The molecular formula is C12H24O2. The Kier molecular flexibility index (Phi) is 4.39. The molecule has 0 aliphatic heterocycles. The molecule has 0 aromatic heterocycles. The third kappa shape index (κ3) is 3.25. The molecule has 1 saturated carbocycles. The van der Waals surface area contributed by atoms with Crippen LogP contribution in [0.1, 0.15) is 46.5 Å². The lowest BCUT2D eigenvalue weighted by molar-refractivity contribution is -0.0814. The van der Waals surface area contributed by atoms with E-state index in [9.17, 15) is 5.11 Å². The molecule has 0 saturated heterocycles. The minimum atomic E-state index is -0.615. The van der Waals surface area contributed by atoms with Crippen LogP contribution in [0.3, 0.4) is 0 Å². The SMILES string of the molecule is CCOCC(C)(O)C1CCC(C)CC1. The predicted molar refractivity (Wildman–Crippen MR) is 58.2 cm³/mol. The fraction of sp³-hybridized carbons (Fsp3) is 1.00. The number of aliphatic hydroxyl groups is 1. The molecule has 0 heterocycles. The summed E-state index contributed by atoms with van der Waals surface area (Å²) in [5.41, 5.74) is -0.615. The summed E-state index contributed by atoms with van der Waals surface area (Å²) in [6, 6.07) is 0. The van der Waals surface area contributed by atoms with Crippen LogP contribution in [0.4, 0.5) is 0 Å². The summed E-state index contributed by atoms with van der Waals surface area (Å²) in [4.78, 5) is 0. The molecule has 1 aliphatic rings. The first-order valence-electron chi connectivity index (χ1n) is 5.86. The van der Waals surface area contributed by atoms with Gasteiger partial charge in [0.2, 0.25) is 0 Å². The van der Waals surface area contributed by atoms with Crippen molar-refractivity contribution in [3.63, 3.8) is 0 Å². The molecule has 1 aliphatic carbocycles. The van der Waals surface area contributed by atoms with Gasteiger partial charge in [0.05, 0.1) is 12.2 Å². The third-order valence-electron chi connectivity index (χ3n) is 3.49. The Bertz CT molecular complexity index is 158. The van der Waals surface area contributed by atoms with Gasteiger partial charge in [0, 0.05) is 6.61 Å². The average molecular weight is 200 g/mol. The van der Waals surface area contributed by atoms with Crippen molar-refractivity contribution in [3.05, 3.63) is 0 Å². The maximum Gasteiger partial charge on any atom is 0.0880 e.